The van der Waals surface area contributed by atoms with Gasteiger partial charge < -0.3 is 0 Å². The number of nitrogens with zero attached hydrogens (tertiary/aromatic N) is 1. The summed E-state index contributed by atoms with van der Waals surface area (Å²) in [6.45, 7) is 11.7. The predicted octanol–water partition coefficient (Wildman–Crippen LogP) is 3.63. The minimum absolute atomic E-state index is 0.929. The largest absolute Gasteiger partial charge is 0.255 e. The zero-order valence-corrected chi connectivity index (χ0v) is 8.82. The van der Waals surface area contributed by atoms with Crippen LogP contribution in [0.4, 0.5) is 0 Å². The molecular weight excluding hydrogens is 178 g/mol. The van der Waals surface area contributed by atoms with Crippen molar-refractivity contribution >= 4 is 16.7 Å². The van der Waals surface area contributed by atoms with Gasteiger partial charge in [-0.1, -0.05) is 31.0 Å². The highest BCUT2D eigenvalue weighted by Gasteiger charge is 2.00. The van der Waals surface area contributed by atoms with Crippen molar-refractivity contribution in [2.45, 2.75) is 13.8 Å². The number of thioether (sulfide) groups is 1. The van der Waals surface area contributed by atoms with Gasteiger partial charge in [-0.25, -0.2) is 0 Å². The molecule has 0 aliphatic heterocycles. The number of pyridine rings is 1. The summed E-state index contributed by atoms with van der Waals surface area (Å²) in [6.07, 6.45) is 1.85. The van der Waals surface area contributed by atoms with E-state index in [9.17, 15) is 0 Å². The zero-order valence-electron chi connectivity index (χ0n) is 8.00. The van der Waals surface area contributed by atoms with Crippen molar-refractivity contribution in [2.24, 2.45) is 0 Å². The molecule has 68 valence electrons. The van der Waals surface area contributed by atoms with E-state index in [1.165, 1.54) is 0 Å². The number of hydrogen-bond donors (Lipinski definition) is 0. The highest BCUT2D eigenvalue weighted by Crippen LogP contribution is 2.29. The van der Waals surface area contributed by atoms with Gasteiger partial charge in [-0.15, -0.1) is 0 Å². The molecule has 0 N–H and O–H groups in total. The summed E-state index contributed by atoms with van der Waals surface area (Å²) in [6, 6.07) is 4.01. The first kappa shape index (κ1) is 10.1. The van der Waals surface area contributed by atoms with Gasteiger partial charge in [0.25, 0.3) is 0 Å². The topological polar surface area (TPSA) is 12.9 Å². The van der Waals surface area contributed by atoms with E-state index in [4.69, 9.17) is 0 Å². The normalized spacial score (nSPS) is 9.69. The molecule has 0 atom stereocenters. The Morgan fingerprint density at radius 3 is 2.54 bits per heavy atom. The van der Waals surface area contributed by atoms with Crippen LogP contribution in [0.5, 0.6) is 0 Å². The Morgan fingerprint density at radius 2 is 2.08 bits per heavy atom. The molecule has 1 heterocycles. The second kappa shape index (κ2) is 4.28. The van der Waals surface area contributed by atoms with Crippen LogP contribution < -0.4 is 0 Å². The average molecular weight is 191 g/mol. The highest BCUT2D eigenvalue weighted by molar-refractivity contribution is 8.11. The SMILES string of the molecule is C=C(C)SC(=C)c1ccc(C)cn1. The van der Waals surface area contributed by atoms with Crippen LogP contribution in [0.1, 0.15) is 18.2 Å². The Kier molecular flexibility index (Phi) is 3.32. The maximum atomic E-state index is 4.27. The number of aromatic nitrogens is 1. The van der Waals surface area contributed by atoms with Crippen molar-refractivity contribution in [1.29, 1.82) is 0 Å². The first-order valence-corrected chi connectivity index (χ1v) is 4.86. The molecule has 0 bridgehead atoms. The molecule has 0 amide bonds. The molecule has 0 aromatic carbocycles. The fourth-order valence-corrected chi connectivity index (χ4v) is 1.54. The monoisotopic (exact) mass is 191 g/mol. The predicted molar refractivity (Wildman–Crippen MR) is 60.4 cm³/mol. The molecule has 0 unspecified atom stereocenters. The number of rotatable bonds is 3. The summed E-state index contributed by atoms with van der Waals surface area (Å²) >= 11 is 1.56. The van der Waals surface area contributed by atoms with Crippen molar-refractivity contribution < 1.29 is 0 Å². The second-order valence-corrected chi connectivity index (χ2v) is 4.34. The van der Waals surface area contributed by atoms with E-state index in [0.717, 1.165) is 21.1 Å². The summed E-state index contributed by atoms with van der Waals surface area (Å²) in [5.41, 5.74) is 2.09. The van der Waals surface area contributed by atoms with Crippen LogP contribution in [-0.4, -0.2) is 4.98 Å². The second-order valence-electron chi connectivity index (χ2n) is 2.95. The maximum Gasteiger partial charge on any atom is 0.0763 e. The van der Waals surface area contributed by atoms with Crippen molar-refractivity contribution in [1.82, 2.24) is 4.98 Å². The lowest BCUT2D eigenvalue weighted by atomic mass is 10.3. The van der Waals surface area contributed by atoms with Gasteiger partial charge in [0.05, 0.1) is 5.69 Å². The molecule has 0 fully saturated rings. The van der Waals surface area contributed by atoms with Crippen LogP contribution in [-0.2, 0) is 0 Å². The Hall–Kier alpha value is -1.02. The molecular formula is C11H13NS. The van der Waals surface area contributed by atoms with E-state index in [-0.39, 0.29) is 0 Å². The molecule has 1 aromatic heterocycles. The quantitative estimate of drug-likeness (QED) is 0.723. The third kappa shape index (κ3) is 3.07. The standard InChI is InChI=1S/C11H13NS/c1-8(2)13-10(4)11-6-5-9(3)7-12-11/h5-7H,1,4H2,2-3H3. The van der Waals surface area contributed by atoms with Gasteiger partial charge in [0, 0.05) is 11.1 Å². The summed E-state index contributed by atoms with van der Waals surface area (Å²) < 4.78 is 0. The van der Waals surface area contributed by atoms with Crippen LogP contribution in [0, 0.1) is 6.92 Å². The summed E-state index contributed by atoms with van der Waals surface area (Å²) in [5.74, 6) is 0. The minimum atomic E-state index is 0.929. The van der Waals surface area contributed by atoms with Crippen LogP contribution in [0.15, 0.2) is 36.4 Å². The van der Waals surface area contributed by atoms with E-state index >= 15 is 0 Å². The molecule has 0 spiro atoms. The number of hydrogen-bond acceptors (Lipinski definition) is 2. The molecule has 0 radical (unpaired) electrons. The average Bonchev–Trinajstić information content (AvgIpc) is 2.04. The molecule has 1 rings (SSSR count). The van der Waals surface area contributed by atoms with Gasteiger partial charge in [-0.05, 0) is 30.4 Å². The van der Waals surface area contributed by atoms with Gasteiger partial charge in [-0.3, -0.25) is 4.98 Å². The molecule has 1 aromatic rings. The van der Waals surface area contributed by atoms with Crippen molar-refractivity contribution in [3.8, 4) is 0 Å². The van der Waals surface area contributed by atoms with E-state index < -0.39 is 0 Å². The Morgan fingerprint density at radius 1 is 1.38 bits per heavy atom. The lowest BCUT2D eigenvalue weighted by Crippen LogP contribution is -1.85. The third-order valence-electron chi connectivity index (χ3n) is 1.49. The first-order valence-electron chi connectivity index (χ1n) is 4.05. The molecule has 13 heavy (non-hydrogen) atoms. The fourth-order valence-electron chi connectivity index (χ4n) is 0.895. The Labute approximate surface area is 83.6 Å². The van der Waals surface area contributed by atoms with E-state index in [0.29, 0.717) is 0 Å². The van der Waals surface area contributed by atoms with Gasteiger partial charge in [0.15, 0.2) is 0 Å². The molecule has 2 heteroatoms. The number of allylic oxidation sites excluding steroid dienone is 1. The fraction of sp³-hybridized carbons (Fsp3) is 0.182. The highest BCUT2D eigenvalue weighted by atomic mass is 32.2. The summed E-state index contributed by atoms with van der Waals surface area (Å²) in [5, 5.41) is 0. The Balaban J connectivity index is 2.78. The number of aryl methyl sites for hydroxylation is 1. The molecule has 0 aliphatic carbocycles. The smallest absolute Gasteiger partial charge is 0.0763 e. The third-order valence-corrected chi connectivity index (χ3v) is 2.30. The molecule has 0 saturated carbocycles. The van der Waals surface area contributed by atoms with Crippen LogP contribution >= 0.6 is 11.8 Å². The van der Waals surface area contributed by atoms with Crippen molar-refractivity contribution in [3.63, 3.8) is 0 Å². The zero-order chi connectivity index (χ0) is 9.84. The first-order chi connectivity index (χ1) is 6.09. The van der Waals surface area contributed by atoms with Gasteiger partial charge in [-0.2, -0.15) is 0 Å². The van der Waals surface area contributed by atoms with E-state index in [1.807, 2.05) is 32.2 Å². The summed E-state index contributed by atoms with van der Waals surface area (Å²) in [4.78, 5) is 6.26. The molecule has 0 saturated heterocycles. The minimum Gasteiger partial charge on any atom is -0.255 e. The van der Waals surface area contributed by atoms with E-state index in [1.54, 1.807) is 11.8 Å². The van der Waals surface area contributed by atoms with Gasteiger partial charge in [0.1, 0.15) is 0 Å². The van der Waals surface area contributed by atoms with E-state index in [2.05, 4.69) is 18.1 Å². The van der Waals surface area contributed by atoms with Gasteiger partial charge in [0.2, 0.25) is 0 Å². The molecule has 0 aliphatic rings. The van der Waals surface area contributed by atoms with Crippen molar-refractivity contribution in [3.05, 3.63) is 47.6 Å². The molecule has 1 nitrogen and oxygen atoms in total. The van der Waals surface area contributed by atoms with Crippen molar-refractivity contribution in [2.75, 3.05) is 0 Å². The van der Waals surface area contributed by atoms with Crippen LogP contribution in [0.25, 0.3) is 4.91 Å². The maximum absolute atomic E-state index is 4.27. The van der Waals surface area contributed by atoms with Gasteiger partial charge >= 0.3 is 0 Å². The lowest BCUT2D eigenvalue weighted by molar-refractivity contribution is 1.24. The lowest BCUT2D eigenvalue weighted by Gasteiger charge is -2.03. The summed E-state index contributed by atoms with van der Waals surface area (Å²) in [7, 11) is 0. The Bertz CT molecular complexity index is 324. The van der Waals surface area contributed by atoms with Crippen LogP contribution in [0.3, 0.4) is 0 Å². The van der Waals surface area contributed by atoms with Crippen LogP contribution in [0.2, 0.25) is 0 Å².